The first-order valence-corrected chi connectivity index (χ1v) is 12.0. The number of ether oxygens (including phenoxy) is 1. The first-order chi connectivity index (χ1) is 14.9. The Kier molecular flexibility index (Phi) is 4.62. The molecule has 4 bridgehead atoms. The summed E-state index contributed by atoms with van der Waals surface area (Å²) in [6.45, 7) is 1.40. The Morgan fingerprint density at radius 1 is 1.19 bits per heavy atom. The minimum absolute atomic E-state index is 0.249. The zero-order chi connectivity index (χ0) is 21.3. The van der Waals surface area contributed by atoms with E-state index in [-0.39, 0.29) is 12.1 Å². The Hall–Kier alpha value is -1.66. The van der Waals surface area contributed by atoms with Crippen LogP contribution in [0.1, 0.15) is 74.6 Å². The molecular weight excluding hydrogens is 397 g/mol. The molecule has 2 N–H and O–H groups in total. The van der Waals surface area contributed by atoms with Crippen molar-refractivity contribution in [3.8, 4) is 5.75 Å². The van der Waals surface area contributed by atoms with E-state index in [1.807, 2.05) is 0 Å². The van der Waals surface area contributed by atoms with E-state index in [4.69, 9.17) is 4.74 Å². The van der Waals surface area contributed by atoms with Crippen LogP contribution in [0.4, 0.5) is 4.39 Å². The monoisotopic (exact) mass is 429 g/mol. The zero-order valence-corrected chi connectivity index (χ0v) is 17.9. The quantitative estimate of drug-likeness (QED) is 0.676. The van der Waals surface area contributed by atoms with Gasteiger partial charge in [0.2, 0.25) is 0 Å². The van der Waals surface area contributed by atoms with Crippen LogP contribution in [0.3, 0.4) is 0 Å². The number of carboxylic acids is 1. The van der Waals surface area contributed by atoms with Crippen molar-refractivity contribution in [1.29, 1.82) is 0 Å². The number of carbonyl (C=O) groups is 1. The van der Waals surface area contributed by atoms with Crippen molar-refractivity contribution in [2.75, 3.05) is 19.7 Å². The van der Waals surface area contributed by atoms with Crippen LogP contribution in [0.25, 0.3) is 0 Å². The number of aliphatic carboxylic acids is 1. The van der Waals surface area contributed by atoms with Crippen LogP contribution in [0.15, 0.2) is 12.1 Å². The number of carboxylic acid groups (broad SMARTS) is 1. The lowest BCUT2D eigenvalue weighted by Gasteiger charge is -2.33. The molecule has 1 heterocycles. The summed E-state index contributed by atoms with van der Waals surface area (Å²) in [6, 6.07) is 3.27. The summed E-state index contributed by atoms with van der Waals surface area (Å²) < 4.78 is 21.5. The molecule has 4 atom stereocenters. The highest BCUT2D eigenvalue weighted by Gasteiger charge is 2.58. The van der Waals surface area contributed by atoms with Crippen molar-refractivity contribution >= 4 is 5.97 Å². The van der Waals surface area contributed by atoms with Crippen LogP contribution in [0, 0.1) is 34.9 Å². The Balaban J connectivity index is 1.22. The van der Waals surface area contributed by atoms with Crippen LogP contribution in [-0.2, 0) is 4.79 Å². The fourth-order valence-corrected chi connectivity index (χ4v) is 7.46. The van der Waals surface area contributed by atoms with E-state index < -0.39 is 23.9 Å². The van der Waals surface area contributed by atoms with E-state index >= 15 is 4.39 Å². The molecule has 168 valence electrons. The van der Waals surface area contributed by atoms with E-state index in [0.29, 0.717) is 36.7 Å². The SMILES string of the molecule is O=C(O)C1CCN(C(O)c2cc(C3CC3)c(OCC34CC5CC(CC3C5)C4)cc2F)C1. The Labute approximate surface area is 182 Å². The van der Waals surface area contributed by atoms with Crippen molar-refractivity contribution in [1.82, 2.24) is 4.90 Å². The van der Waals surface area contributed by atoms with E-state index in [0.717, 1.165) is 36.2 Å². The molecule has 5 nitrogen and oxygen atoms in total. The maximum absolute atomic E-state index is 15.1. The number of aliphatic hydroxyl groups is 1. The number of benzene rings is 1. The van der Waals surface area contributed by atoms with Gasteiger partial charge in [-0.2, -0.15) is 0 Å². The molecule has 0 spiro atoms. The average molecular weight is 430 g/mol. The summed E-state index contributed by atoms with van der Waals surface area (Å²) in [5.41, 5.74) is 1.56. The van der Waals surface area contributed by atoms with Gasteiger partial charge in [0.25, 0.3) is 0 Å². The van der Waals surface area contributed by atoms with Crippen molar-refractivity contribution in [2.24, 2.45) is 29.1 Å². The summed E-state index contributed by atoms with van der Waals surface area (Å²) in [5, 5.41) is 20.1. The summed E-state index contributed by atoms with van der Waals surface area (Å²) in [6.07, 6.45) is 8.14. The summed E-state index contributed by atoms with van der Waals surface area (Å²) in [5.74, 6) is 1.74. The van der Waals surface area contributed by atoms with Gasteiger partial charge in [0.15, 0.2) is 0 Å². The van der Waals surface area contributed by atoms with Gasteiger partial charge in [0.1, 0.15) is 17.8 Å². The number of rotatable bonds is 7. The third kappa shape index (κ3) is 3.37. The molecule has 0 amide bonds. The van der Waals surface area contributed by atoms with E-state index in [2.05, 4.69) is 0 Å². The number of likely N-dealkylation sites (tertiary alicyclic amines) is 1. The second kappa shape index (κ2) is 7.17. The second-order valence-corrected chi connectivity index (χ2v) is 11.1. The molecule has 6 aliphatic rings. The molecule has 31 heavy (non-hydrogen) atoms. The summed E-state index contributed by atoms with van der Waals surface area (Å²) >= 11 is 0. The predicted molar refractivity (Wildman–Crippen MR) is 112 cm³/mol. The number of aliphatic hydroxyl groups excluding tert-OH is 1. The Morgan fingerprint density at radius 2 is 1.94 bits per heavy atom. The lowest BCUT2D eigenvalue weighted by atomic mass is 9.76. The minimum atomic E-state index is -1.12. The van der Waals surface area contributed by atoms with Crippen LogP contribution in [0.2, 0.25) is 0 Å². The zero-order valence-electron chi connectivity index (χ0n) is 17.9. The predicted octanol–water partition coefficient (Wildman–Crippen LogP) is 4.31. The fraction of sp³-hybridized carbons (Fsp3) is 0.720. The highest BCUT2D eigenvalue weighted by atomic mass is 19.1. The molecule has 1 aromatic carbocycles. The number of hydrogen-bond donors (Lipinski definition) is 2. The van der Waals surface area contributed by atoms with Gasteiger partial charge < -0.3 is 14.9 Å². The third-order valence-electron chi connectivity index (χ3n) is 9.01. The first kappa shape index (κ1) is 20.0. The largest absolute Gasteiger partial charge is 0.493 e. The Bertz CT molecular complexity index is 886. The highest BCUT2D eigenvalue weighted by Crippen LogP contribution is 2.65. The Morgan fingerprint density at radius 3 is 2.58 bits per heavy atom. The van der Waals surface area contributed by atoms with Gasteiger partial charge in [-0.05, 0) is 86.7 Å². The molecule has 6 fully saturated rings. The lowest BCUT2D eigenvalue weighted by molar-refractivity contribution is -0.141. The topological polar surface area (TPSA) is 70.0 Å². The molecule has 0 aromatic heterocycles. The average Bonchev–Trinajstić information content (AvgIpc) is 3.32. The molecule has 0 radical (unpaired) electrons. The number of halogens is 1. The van der Waals surface area contributed by atoms with Crippen molar-refractivity contribution in [2.45, 2.75) is 63.5 Å². The van der Waals surface area contributed by atoms with Crippen molar-refractivity contribution in [3.63, 3.8) is 0 Å². The third-order valence-corrected chi connectivity index (χ3v) is 9.01. The highest BCUT2D eigenvalue weighted by molar-refractivity contribution is 5.70. The molecule has 6 heteroatoms. The van der Waals surface area contributed by atoms with Crippen molar-refractivity contribution in [3.05, 3.63) is 29.1 Å². The van der Waals surface area contributed by atoms with Crippen molar-refractivity contribution < 1.29 is 24.1 Å². The van der Waals surface area contributed by atoms with Gasteiger partial charge in [-0.15, -0.1) is 0 Å². The van der Waals surface area contributed by atoms with Gasteiger partial charge in [-0.25, -0.2) is 4.39 Å². The maximum atomic E-state index is 15.1. The van der Waals surface area contributed by atoms with Gasteiger partial charge in [0.05, 0.1) is 12.5 Å². The summed E-state index contributed by atoms with van der Waals surface area (Å²) in [4.78, 5) is 12.9. The lowest BCUT2D eigenvalue weighted by Crippen LogP contribution is -2.30. The normalized spacial score (nSPS) is 37.5. The molecule has 4 unspecified atom stereocenters. The van der Waals surface area contributed by atoms with Crippen LogP contribution >= 0.6 is 0 Å². The molecule has 1 aromatic rings. The molecule has 1 saturated heterocycles. The van der Waals surface area contributed by atoms with Gasteiger partial charge in [0, 0.05) is 30.1 Å². The second-order valence-electron chi connectivity index (χ2n) is 11.1. The minimum Gasteiger partial charge on any atom is -0.493 e. The van der Waals surface area contributed by atoms with E-state index in [9.17, 15) is 15.0 Å². The van der Waals surface area contributed by atoms with E-state index in [1.165, 1.54) is 38.2 Å². The van der Waals surface area contributed by atoms with Crippen LogP contribution in [-0.4, -0.2) is 40.8 Å². The molecule has 5 saturated carbocycles. The van der Waals surface area contributed by atoms with Gasteiger partial charge in [-0.1, -0.05) is 0 Å². The van der Waals surface area contributed by atoms with E-state index in [1.54, 1.807) is 11.0 Å². The summed E-state index contributed by atoms with van der Waals surface area (Å²) in [7, 11) is 0. The van der Waals surface area contributed by atoms with Gasteiger partial charge in [-0.3, -0.25) is 9.69 Å². The smallest absolute Gasteiger partial charge is 0.307 e. The first-order valence-electron chi connectivity index (χ1n) is 12.0. The standard InChI is InChI=1S/C25H32FNO4/c26-21-9-22(31-13-25-10-14-5-15(11-25)7-18(25)6-14)19(16-1-2-16)8-20(21)23(28)27-4-3-17(12-27)24(29)30/h8-9,14-18,23,28H,1-7,10-13H2,(H,29,30). The molecule has 1 aliphatic heterocycles. The van der Waals surface area contributed by atoms with Crippen LogP contribution in [0.5, 0.6) is 5.75 Å². The fourth-order valence-electron chi connectivity index (χ4n) is 7.46. The number of nitrogens with zero attached hydrogens (tertiary/aromatic N) is 1. The molecular formula is C25H32FNO4. The van der Waals surface area contributed by atoms with Crippen LogP contribution < -0.4 is 4.74 Å². The molecule has 7 rings (SSSR count). The molecule has 5 aliphatic carbocycles. The maximum Gasteiger partial charge on any atom is 0.307 e. The number of hydrogen-bond acceptors (Lipinski definition) is 4. The van der Waals surface area contributed by atoms with Gasteiger partial charge >= 0.3 is 5.97 Å².